The summed E-state index contributed by atoms with van der Waals surface area (Å²) in [4.78, 5) is 0. The first-order valence-corrected chi connectivity index (χ1v) is 6.07. The molecule has 1 aromatic heterocycles. The Labute approximate surface area is 99.0 Å². The lowest BCUT2D eigenvalue weighted by molar-refractivity contribution is 0.228. The lowest BCUT2D eigenvalue weighted by Crippen LogP contribution is -2.32. The molecule has 0 saturated heterocycles. The molecule has 0 bridgehead atoms. The Hall–Kier alpha value is -0.830. The molecule has 0 aliphatic carbocycles. The lowest BCUT2D eigenvalue weighted by atomic mass is 9.86. The highest BCUT2D eigenvalue weighted by Crippen LogP contribution is 2.31. The van der Waals surface area contributed by atoms with Crippen molar-refractivity contribution in [1.29, 1.82) is 0 Å². The largest absolute Gasteiger partial charge is 0.328 e. The summed E-state index contributed by atoms with van der Waals surface area (Å²) in [6.07, 6.45) is 1.04. The fraction of sp³-hybridized carbons (Fsp3) is 0.769. The van der Waals surface area contributed by atoms with Gasteiger partial charge in [0.05, 0.1) is 11.7 Å². The molecular weight excluding hydrogens is 198 g/mol. The van der Waals surface area contributed by atoms with Crippen LogP contribution in [0.2, 0.25) is 0 Å². The van der Waals surface area contributed by atoms with Crippen LogP contribution < -0.4 is 5.73 Å². The van der Waals surface area contributed by atoms with Gasteiger partial charge in [-0.05, 0) is 31.2 Å². The molecule has 0 aliphatic heterocycles. The quantitative estimate of drug-likeness (QED) is 0.856. The normalized spacial score (nSPS) is 14.2. The molecule has 0 amide bonds. The average Bonchev–Trinajstić information content (AvgIpc) is 2.41. The van der Waals surface area contributed by atoms with Crippen molar-refractivity contribution in [2.45, 2.75) is 54.0 Å². The van der Waals surface area contributed by atoms with E-state index in [0.717, 1.165) is 12.1 Å². The van der Waals surface area contributed by atoms with Crippen LogP contribution in [0.5, 0.6) is 0 Å². The fourth-order valence-electron chi connectivity index (χ4n) is 2.33. The SMILES string of the molecule is CCc1c(C)nn(C(CN)C(C)(C)C)c1C. The zero-order valence-corrected chi connectivity index (χ0v) is 11.5. The van der Waals surface area contributed by atoms with E-state index >= 15 is 0 Å². The number of nitrogens with two attached hydrogens (primary N) is 1. The van der Waals surface area contributed by atoms with Gasteiger partial charge in [-0.25, -0.2) is 0 Å². The second-order valence-corrected chi connectivity index (χ2v) is 5.57. The van der Waals surface area contributed by atoms with Gasteiger partial charge in [-0.3, -0.25) is 4.68 Å². The summed E-state index contributed by atoms with van der Waals surface area (Å²) in [6, 6.07) is 0.270. The summed E-state index contributed by atoms with van der Waals surface area (Å²) in [5, 5.41) is 4.66. The standard InChI is InChI=1S/C13H25N3/c1-7-11-9(2)15-16(10(11)3)12(8-14)13(4,5)6/h12H,7-8,14H2,1-6H3. The molecule has 3 heteroatoms. The van der Waals surface area contributed by atoms with Gasteiger partial charge in [0, 0.05) is 12.2 Å². The molecule has 0 spiro atoms. The first kappa shape index (κ1) is 13.2. The molecule has 1 heterocycles. The minimum Gasteiger partial charge on any atom is -0.328 e. The maximum absolute atomic E-state index is 5.90. The van der Waals surface area contributed by atoms with E-state index in [4.69, 9.17) is 5.73 Å². The summed E-state index contributed by atoms with van der Waals surface area (Å²) in [5.74, 6) is 0. The van der Waals surface area contributed by atoms with Crippen LogP contribution in [0.4, 0.5) is 0 Å². The van der Waals surface area contributed by atoms with E-state index in [1.807, 2.05) is 0 Å². The number of nitrogens with zero attached hydrogens (tertiary/aromatic N) is 2. The minimum atomic E-state index is 0.142. The molecular formula is C13H25N3. The summed E-state index contributed by atoms with van der Waals surface area (Å²) in [5.41, 5.74) is 9.82. The molecule has 3 nitrogen and oxygen atoms in total. The van der Waals surface area contributed by atoms with Gasteiger partial charge in [0.1, 0.15) is 0 Å². The van der Waals surface area contributed by atoms with Crippen molar-refractivity contribution < 1.29 is 0 Å². The van der Waals surface area contributed by atoms with E-state index in [9.17, 15) is 0 Å². The molecule has 2 N–H and O–H groups in total. The fourth-order valence-corrected chi connectivity index (χ4v) is 2.33. The number of rotatable bonds is 3. The molecule has 1 aromatic rings. The Bertz CT molecular complexity index is 358. The van der Waals surface area contributed by atoms with Crippen LogP contribution in [0, 0.1) is 19.3 Å². The van der Waals surface area contributed by atoms with Crippen molar-refractivity contribution in [3.8, 4) is 0 Å². The van der Waals surface area contributed by atoms with E-state index in [2.05, 4.69) is 51.3 Å². The van der Waals surface area contributed by atoms with Crippen LogP contribution in [-0.4, -0.2) is 16.3 Å². The van der Waals surface area contributed by atoms with Gasteiger partial charge < -0.3 is 5.73 Å². The maximum Gasteiger partial charge on any atom is 0.0692 e. The summed E-state index contributed by atoms with van der Waals surface area (Å²) < 4.78 is 2.12. The van der Waals surface area contributed by atoms with E-state index in [1.54, 1.807) is 0 Å². The van der Waals surface area contributed by atoms with Crippen LogP contribution in [0.25, 0.3) is 0 Å². The molecule has 1 unspecified atom stereocenters. The monoisotopic (exact) mass is 223 g/mol. The Morgan fingerprint density at radius 2 is 1.88 bits per heavy atom. The molecule has 0 aromatic carbocycles. The third-order valence-corrected chi connectivity index (χ3v) is 3.35. The van der Waals surface area contributed by atoms with Crippen molar-refractivity contribution in [1.82, 2.24) is 9.78 Å². The van der Waals surface area contributed by atoms with Crippen LogP contribution in [0.1, 0.15) is 50.7 Å². The van der Waals surface area contributed by atoms with Gasteiger partial charge in [-0.1, -0.05) is 27.7 Å². The zero-order valence-electron chi connectivity index (χ0n) is 11.5. The van der Waals surface area contributed by atoms with E-state index < -0.39 is 0 Å². The van der Waals surface area contributed by atoms with Crippen molar-refractivity contribution >= 4 is 0 Å². The molecule has 16 heavy (non-hydrogen) atoms. The third-order valence-electron chi connectivity index (χ3n) is 3.35. The van der Waals surface area contributed by atoms with Gasteiger partial charge in [0.25, 0.3) is 0 Å². The molecule has 1 rings (SSSR count). The molecule has 0 saturated carbocycles. The predicted octanol–water partition coefficient (Wildman–Crippen LogP) is 2.61. The van der Waals surface area contributed by atoms with Crippen molar-refractivity contribution in [3.05, 3.63) is 17.0 Å². The van der Waals surface area contributed by atoms with Crippen molar-refractivity contribution in [2.75, 3.05) is 6.54 Å². The Balaban J connectivity index is 3.22. The van der Waals surface area contributed by atoms with E-state index in [0.29, 0.717) is 6.54 Å². The van der Waals surface area contributed by atoms with E-state index in [1.165, 1.54) is 11.3 Å². The van der Waals surface area contributed by atoms with Crippen LogP contribution in [0.15, 0.2) is 0 Å². The maximum atomic E-state index is 5.90. The van der Waals surface area contributed by atoms with Gasteiger partial charge in [-0.15, -0.1) is 0 Å². The Morgan fingerprint density at radius 3 is 2.19 bits per heavy atom. The summed E-state index contributed by atoms with van der Waals surface area (Å²) in [6.45, 7) is 13.7. The highest BCUT2D eigenvalue weighted by molar-refractivity contribution is 5.25. The van der Waals surface area contributed by atoms with Gasteiger partial charge in [0.2, 0.25) is 0 Å². The lowest BCUT2D eigenvalue weighted by Gasteiger charge is -2.30. The number of aromatic nitrogens is 2. The highest BCUT2D eigenvalue weighted by atomic mass is 15.3. The topological polar surface area (TPSA) is 43.8 Å². The second kappa shape index (κ2) is 4.58. The molecule has 92 valence electrons. The van der Waals surface area contributed by atoms with Gasteiger partial charge in [-0.2, -0.15) is 5.10 Å². The third kappa shape index (κ3) is 2.29. The average molecular weight is 223 g/mol. The molecule has 0 fully saturated rings. The highest BCUT2D eigenvalue weighted by Gasteiger charge is 2.27. The number of hydrogen-bond donors (Lipinski definition) is 1. The van der Waals surface area contributed by atoms with Crippen LogP contribution in [-0.2, 0) is 6.42 Å². The number of aryl methyl sites for hydroxylation is 1. The van der Waals surface area contributed by atoms with Gasteiger partial charge in [0.15, 0.2) is 0 Å². The zero-order chi connectivity index (χ0) is 12.5. The summed E-state index contributed by atoms with van der Waals surface area (Å²) >= 11 is 0. The van der Waals surface area contributed by atoms with Crippen molar-refractivity contribution in [3.63, 3.8) is 0 Å². The smallest absolute Gasteiger partial charge is 0.0692 e. The molecule has 0 radical (unpaired) electrons. The Kier molecular flexibility index (Phi) is 3.79. The van der Waals surface area contributed by atoms with Gasteiger partial charge >= 0.3 is 0 Å². The van der Waals surface area contributed by atoms with Crippen molar-refractivity contribution in [2.24, 2.45) is 11.1 Å². The summed E-state index contributed by atoms with van der Waals surface area (Å²) in [7, 11) is 0. The molecule has 1 atom stereocenters. The minimum absolute atomic E-state index is 0.142. The van der Waals surface area contributed by atoms with E-state index in [-0.39, 0.29) is 11.5 Å². The van der Waals surface area contributed by atoms with Crippen LogP contribution in [0.3, 0.4) is 0 Å². The first-order valence-electron chi connectivity index (χ1n) is 6.07. The molecule has 0 aliphatic rings. The second-order valence-electron chi connectivity index (χ2n) is 5.57. The first-order chi connectivity index (χ1) is 7.32. The predicted molar refractivity (Wildman–Crippen MR) is 68.6 cm³/mol. The number of hydrogen-bond acceptors (Lipinski definition) is 2. The Morgan fingerprint density at radius 1 is 1.31 bits per heavy atom. The van der Waals surface area contributed by atoms with Crippen LogP contribution >= 0.6 is 0 Å².